The number of anilines is 1. The minimum absolute atomic E-state index is 0.0226. The first-order chi connectivity index (χ1) is 18.4. The van der Waals surface area contributed by atoms with Crippen molar-refractivity contribution >= 4 is 41.0 Å². The van der Waals surface area contributed by atoms with Gasteiger partial charge < -0.3 is 29.8 Å². The Kier molecular flexibility index (Phi) is 8.49. The molecule has 3 aromatic rings. The number of fused-ring (bicyclic) bond motifs is 1. The molecule has 4 heterocycles. The third-order valence-electron chi connectivity index (χ3n) is 6.25. The highest BCUT2D eigenvalue weighted by atomic mass is 19.1. The van der Waals surface area contributed by atoms with Crippen LogP contribution in [0.5, 0.6) is 0 Å². The number of aromatic nitrogens is 2. The zero-order chi connectivity index (χ0) is 27.1. The van der Waals surface area contributed by atoms with Crippen molar-refractivity contribution in [3.05, 3.63) is 77.4 Å². The Hall–Kier alpha value is -4.51. The third kappa shape index (κ3) is 6.24. The number of piperidine rings is 1. The molecule has 0 radical (unpaired) electrons. The minimum atomic E-state index is -0.748. The quantitative estimate of drug-likeness (QED) is 0.192. The highest BCUT2D eigenvalue weighted by molar-refractivity contribution is 6.26. The number of carbonyl (C=O) groups is 3. The molecule has 10 nitrogen and oxygen atoms in total. The second-order valence-electron chi connectivity index (χ2n) is 8.87. The van der Waals surface area contributed by atoms with E-state index in [-0.39, 0.29) is 36.2 Å². The molecule has 0 spiro atoms. The number of pyridine rings is 1. The summed E-state index contributed by atoms with van der Waals surface area (Å²) < 4.78 is 24.7. The molecule has 38 heavy (non-hydrogen) atoms. The molecular weight excluding hydrogens is 495 g/mol. The van der Waals surface area contributed by atoms with E-state index in [1.54, 1.807) is 24.5 Å². The zero-order valence-electron chi connectivity index (χ0n) is 20.6. The Bertz CT molecular complexity index is 1370. The number of H-pyrrole nitrogens is 1. The SMILES string of the molecule is CN1CCC(COC(=O)C2=C(Nc3ccc(F)cc3)OC(=Cc3c[nH]c4ncccc34)C2=O)CC1.O=CO. The van der Waals surface area contributed by atoms with Crippen molar-refractivity contribution in [2.75, 3.05) is 32.1 Å². The number of aromatic amines is 1. The van der Waals surface area contributed by atoms with E-state index in [4.69, 9.17) is 19.4 Å². The fourth-order valence-electron chi connectivity index (χ4n) is 4.20. The van der Waals surface area contributed by atoms with Gasteiger partial charge in [-0.3, -0.25) is 9.59 Å². The number of hydrogen-bond acceptors (Lipinski definition) is 8. The second kappa shape index (κ2) is 12.2. The maximum Gasteiger partial charge on any atom is 0.347 e. The lowest BCUT2D eigenvalue weighted by Crippen LogP contribution is -2.32. The van der Waals surface area contributed by atoms with Gasteiger partial charge in [-0.05, 0) is 81.4 Å². The average Bonchev–Trinajstić information content (AvgIpc) is 3.46. The van der Waals surface area contributed by atoms with E-state index in [1.165, 1.54) is 24.3 Å². The molecule has 1 aromatic carbocycles. The van der Waals surface area contributed by atoms with Gasteiger partial charge in [-0.2, -0.15) is 0 Å². The molecular formula is C27H27FN4O6. The summed E-state index contributed by atoms with van der Waals surface area (Å²) in [4.78, 5) is 44.2. The lowest BCUT2D eigenvalue weighted by atomic mass is 9.98. The van der Waals surface area contributed by atoms with E-state index in [1.807, 2.05) is 6.07 Å². The number of likely N-dealkylation sites (tertiary alicyclic amines) is 1. The number of rotatable bonds is 6. The predicted molar refractivity (Wildman–Crippen MR) is 137 cm³/mol. The van der Waals surface area contributed by atoms with Crippen LogP contribution < -0.4 is 5.32 Å². The van der Waals surface area contributed by atoms with Crippen LogP contribution in [0.3, 0.4) is 0 Å². The number of Topliss-reactive ketones (excluding diaryl/α,β-unsaturated/α-hetero) is 1. The number of ether oxygens (including phenoxy) is 2. The number of carboxylic acid groups (broad SMARTS) is 1. The van der Waals surface area contributed by atoms with E-state index in [9.17, 15) is 14.0 Å². The van der Waals surface area contributed by atoms with Crippen molar-refractivity contribution in [2.45, 2.75) is 12.8 Å². The Morgan fingerprint density at radius 1 is 1.29 bits per heavy atom. The highest BCUT2D eigenvalue weighted by Crippen LogP contribution is 2.30. The molecule has 5 rings (SSSR count). The van der Waals surface area contributed by atoms with Crippen LogP contribution in [0.1, 0.15) is 18.4 Å². The van der Waals surface area contributed by atoms with Crippen molar-refractivity contribution in [3.8, 4) is 0 Å². The van der Waals surface area contributed by atoms with Crippen LogP contribution in [-0.4, -0.2) is 64.9 Å². The molecule has 2 aliphatic rings. The van der Waals surface area contributed by atoms with Crippen molar-refractivity contribution in [1.29, 1.82) is 0 Å². The number of nitrogens with zero attached hydrogens (tertiary/aromatic N) is 2. The Morgan fingerprint density at radius 2 is 2.00 bits per heavy atom. The molecule has 0 unspecified atom stereocenters. The van der Waals surface area contributed by atoms with Gasteiger partial charge in [0.2, 0.25) is 11.7 Å². The maximum atomic E-state index is 13.4. The molecule has 1 fully saturated rings. The summed E-state index contributed by atoms with van der Waals surface area (Å²) in [7, 11) is 2.06. The van der Waals surface area contributed by atoms with Crippen LogP contribution >= 0.6 is 0 Å². The first kappa shape index (κ1) is 26.6. The fraction of sp³-hybridized carbons (Fsp3) is 0.259. The summed E-state index contributed by atoms with van der Waals surface area (Å²) >= 11 is 0. The number of benzene rings is 1. The number of halogens is 1. The van der Waals surface area contributed by atoms with Crippen molar-refractivity contribution < 1.29 is 33.4 Å². The summed E-state index contributed by atoms with van der Waals surface area (Å²) in [5.74, 6) is -1.55. The van der Waals surface area contributed by atoms with Gasteiger partial charge in [0, 0.05) is 29.0 Å². The molecule has 0 atom stereocenters. The van der Waals surface area contributed by atoms with Crippen molar-refractivity contribution in [3.63, 3.8) is 0 Å². The molecule has 2 aliphatic heterocycles. The van der Waals surface area contributed by atoms with Crippen LogP contribution in [0, 0.1) is 11.7 Å². The number of hydrogen-bond donors (Lipinski definition) is 3. The van der Waals surface area contributed by atoms with E-state index >= 15 is 0 Å². The molecule has 0 amide bonds. The van der Waals surface area contributed by atoms with Crippen LogP contribution in [0.2, 0.25) is 0 Å². The van der Waals surface area contributed by atoms with E-state index in [2.05, 4.69) is 27.2 Å². The van der Waals surface area contributed by atoms with E-state index in [0.29, 0.717) is 16.9 Å². The number of carbonyl (C=O) groups excluding carboxylic acids is 2. The van der Waals surface area contributed by atoms with Gasteiger partial charge in [0.05, 0.1) is 6.61 Å². The molecule has 3 N–H and O–H groups in total. The zero-order valence-corrected chi connectivity index (χ0v) is 20.6. The first-order valence-corrected chi connectivity index (χ1v) is 12.0. The van der Waals surface area contributed by atoms with Crippen molar-refractivity contribution in [1.82, 2.24) is 14.9 Å². The van der Waals surface area contributed by atoms with Gasteiger partial charge in [0.15, 0.2) is 11.3 Å². The molecule has 0 saturated carbocycles. The Balaban J connectivity index is 0.00000107. The number of esters is 1. The van der Waals surface area contributed by atoms with Crippen LogP contribution in [0.25, 0.3) is 17.1 Å². The standard InChI is InChI=1S/C26H25FN4O4.CH2O2/c1-31-11-8-16(9-12-31)15-34-26(33)22-23(32)21(13-17-14-29-24-20(17)3-2-10-28-24)35-25(22)30-19-6-4-18(27)5-7-19;2-1-3/h2-7,10,13-14,16,30H,8-9,11-12,15H2,1H3,(H,28,29);1H,(H,2,3). The van der Waals surface area contributed by atoms with Gasteiger partial charge >= 0.3 is 5.97 Å². The smallest absolute Gasteiger partial charge is 0.347 e. The Morgan fingerprint density at radius 3 is 2.71 bits per heavy atom. The van der Waals surface area contributed by atoms with Crippen molar-refractivity contribution in [2.24, 2.45) is 5.92 Å². The Labute approximate surface area is 217 Å². The maximum absolute atomic E-state index is 13.4. The van der Waals surface area contributed by atoms with E-state index in [0.717, 1.165) is 31.3 Å². The minimum Gasteiger partial charge on any atom is -0.483 e. The van der Waals surface area contributed by atoms with Gasteiger partial charge in [0.1, 0.15) is 11.5 Å². The molecule has 198 valence electrons. The van der Waals surface area contributed by atoms with E-state index < -0.39 is 17.6 Å². The second-order valence-corrected chi connectivity index (χ2v) is 8.87. The third-order valence-corrected chi connectivity index (χ3v) is 6.25. The number of allylic oxidation sites excluding steroid dienone is 1. The largest absolute Gasteiger partial charge is 0.483 e. The summed E-state index contributed by atoms with van der Waals surface area (Å²) in [6, 6.07) is 9.18. The predicted octanol–water partition coefficient (Wildman–Crippen LogP) is 3.55. The summed E-state index contributed by atoms with van der Waals surface area (Å²) in [5, 5.41) is 10.6. The van der Waals surface area contributed by atoms with Gasteiger partial charge in [-0.15, -0.1) is 0 Å². The first-order valence-electron chi connectivity index (χ1n) is 12.0. The molecule has 2 aromatic heterocycles. The lowest BCUT2D eigenvalue weighted by Gasteiger charge is -2.28. The molecule has 0 bridgehead atoms. The normalized spacial score (nSPS) is 17.2. The van der Waals surface area contributed by atoms with Gasteiger partial charge in [0.25, 0.3) is 6.47 Å². The van der Waals surface area contributed by atoms with Gasteiger partial charge in [-0.1, -0.05) is 0 Å². The van der Waals surface area contributed by atoms with Gasteiger partial charge in [-0.25, -0.2) is 14.2 Å². The summed E-state index contributed by atoms with van der Waals surface area (Å²) in [6.45, 7) is 1.87. The topological polar surface area (TPSA) is 134 Å². The molecule has 1 saturated heterocycles. The van der Waals surface area contributed by atoms with Crippen LogP contribution in [-0.2, 0) is 23.9 Å². The summed E-state index contributed by atoms with van der Waals surface area (Å²) in [5.41, 5.74) is 1.61. The monoisotopic (exact) mass is 522 g/mol. The summed E-state index contributed by atoms with van der Waals surface area (Å²) in [6.07, 6.45) is 6.79. The highest BCUT2D eigenvalue weighted by Gasteiger charge is 2.37. The molecule has 11 heteroatoms. The lowest BCUT2D eigenvalue weighted by molar-refractivity contribution is -0.141. The number of nitrogens with one attached hydrogen (secondary N) is 2. The van der Waals surface area contributed by atoms with Crippen LogP contribution in [0.4, 0.5) is 10.1 Å². The van der Waals surface area contributed by atoms with Crippen LogP contribution in [0.15, 0.2) is 66.0 Å². The fourth-order valence-corrected chi connectivity index (χ4v) is 4.20. The molecule has 0 aliphatic carbocycles. The average molecular weight is 523 g/mol. The number of ketones is 1.